The average molecular weight is 272 g/mol. The quantitative estimate of drug-likeness (QED) is 0.800. The van der Waals surface area contributed by atoms with Gasteiger partial charge in [0.15, 0.2) is 0 Å². The summed E-state index contributed by atoms with van der Waals surface area (Å²) in [5.74, 6) is 0. The van der Waals surface area contributed by atoms with Gasteiger partial charge >= 0.3 is 0 Å². The molecule has 2 rings (SSSR count). The molecule has 0 aromatic heterocycles. The van der Waals surface area contributed by atoms with E-state index in [1.807, 2.05) is 18.2 Å². The van der Waals surface area contributed by atoms with Crippen molar-refractivity contribution in [1.82, 2.24) is 4.90 Å². The Balaban J connectivity index is 2.40. The Hall–Kier alpha value is -1.57. The molecule has 2 heteroatoms. The highest BCUT2D eigenvalue weighted by Gasteiger charge is 2.04. The normalized spacial score (nSPS) is 11.9. The Bertz CT molecular complexity index is 541. The molecule has 0 bridgehead atoms. The molecule has 98 valence electrons. The number of hydrogen-bond donors (Lipinski definition) is 0. The predicted octanol–water partition coefficient (Wildman–Crippen LogP) is 4.33. The van der Waals surface area contributed by atoms with Crippen molar-refractivity contribution >= 4 is 17.2 Å². The van der Waals surface area contributed by atoms with Crippen molar-refractivity contribution in [1.29, 1.82) is 0 Å². The minimum Gasteiger partial charge on any atom is -0.306 e. The number of hydrogen-bond acceptors (Lipinski definition) is 1. The fraction of sp³-hybridized carbons (Fsp3) is 0.176. The molecule has 0 spiro atoms. The van der Waals surface area contributed by atoms with Crippen LogP contribution >= 0.6 is 11.6 Å². The number of rotatable bonds is 4. The highest BCUT2D eigenvalue weighted by molar-refractivity contribution is 6.30. The van der Waals surface area contributed by atoms with Crippen LogP contribution in [0.1, 0.15) is 11.1 Å². The lowest BCUT2D eigenvalue weighted by atomic mass is 9.97. The van der Waals surface area contributed by atoms with Crippen molar-refractivity contribution in [2.24, 2.45) is 0 Å². The molecule has 1 nitrogen and oxygen atoms in total. The van der Waals surface area contributed by atoms with Gasteiger partial charge in [-0.3, -0.25) is 0 Å². The topological polar surface area (TPSA) is 3.24 Å². The van der Waals surface area contributed by atoms with Crippen LogP contribution in [0.5, 0.6) is 0 Å². The van der Waals surface area contributed by atoms with E-state index >= 15 is 0 Å². The van der Waals surface area contributed by atoms with Crippen molar-refractivity contribution in [3.8, 4) is 0 Å². The molecule has 2 aromatic carbocycles. The van der Waals surface area contributed by atoms with Crippen molar-refractivity contribution in [2.75, 3.05) is 20.6 Å². The highest BCUT2D eigenvalue weighted by atomic mass is 35.5. The van der Waals surface area contributed by atoms with E-state index in [-0.39, 0.29) is 0 Å². The first-order chi connectivity index (χ1) is 9.16. The Kier molecular flexibility index (Phi) is 4.78. The van der Waals surface area contributed by atoms with Crippen molar-refractivity contribution in [2.45, 2.75) is 0 Å². The third-order valence-corrected chi connectivity index (χ3v) is 3.15. The lowest BCUT2D eigenvalue weighted by Gasteiger charge is -2.11. The van der Waals surface area contributed by atoms with Gasteiger partial charge in [-0.1, -0.05) is 60.1 Å². The van der Waals surface area contributed by atoms with Gasteiger partial charge in [0, 0.05) is 11.6 Å². The molecular weight excluding hydrogens is 254 g/mol. The molecule has 0 heterocycles. The largest absolute Gasteiger partial charge is 0.306 e. The molecule has 0 saturated carbocycles. The van der Waals surface area contributed by atoms with Crippen LogP contribution in [0.4, 0.5) is 0 Å². The maximum absolute atomic E-state index is 5.96. The standard InChI is InChI=1S/C17H18ClN/c1-19(2)13-12-17(14-6-4-3-5-7-14)15-8-10-16(18)11-9-15/h3-12H,13H2,1-2H3/b17-12+. The Morgan fingerprint density at radius 3 is 2.11 bits per heavy atom. The molecule has 0 atom stereocenters. The maximum Gasteiger partial charge on any atom is 0.0406 e. The zero-order chi connectivity index (χ0) is 13.7. The van der Waals surface area contributed by atoms with Crippen LogP contribution in [-0.4, -0.2) is 25.5 Å². The van der Waals surface area contributed by atoms with Gasteiger partial charge in [0.2, 0.25) is 0 Å². The lowest BCUT2D eigenvalue weighted by molar-refractivity contribution is 0.457. The van der Waals surface area contributed by atoms with Crippen LogP contribution in [0.3, 0.4) is 0 Å². The minimum atomic E-state index is 0.767. The van der Waals surface area contributed by atoms with Crippen LogP contribution in [0, 0.1) is 0 Å². The molecule has 0 saturated heterocycles. The molecule has 0 N–H and O–H groups in total. The van der Waals surface area contributed by atoms with Gasteiger partial charge in [-0.25, -0.2) is 0 Å². The Morgan fingerprint density at radius 1 is 0.947 bits per heavy atom. The van der Waals surface area contributed by atoms with Crippen LogP contribution in [0.25, 0.3) is 5.57 Å². The molecule has 0 fully saturated rings. The summed E-state index contributed by atoms with van der Waals surface area (Å²) in [5.41, 5.74) is 3.66. The molecule has 0 aliphatic rings. The van der Waals surface area contributed by atoms with E-state index in [9.17, 15) is 0 Å². The first-order valence-corrected chi connectivity index (χ1v) is 6.71. The first-order valence-electron chi connectivity index (χ1n) is 6.33. The van der Waals surface area contributed by atoms with Crippen LogP contribution in [-0.2, 0) is 0 Å². The van der Waals surface area contributed by atoms with Gasteiger partial charge in [-0.05, 0) is 42.9 Å². The van der Waals surface area contributed by atoms with E-state index in [1.54, 1.807) is 0 Å². The van der Waals surface area contributed by atoms with Crippen LogP contribution < -0.4 is 0 Å². The number of halogens is 1. The fourth-order valence-electron chi connectivity index (χ4n) is 1.92. The van der Waals surface area contributed by atoms with Gasteiger partial charge in [0.05, 0.1) is 0 Å². The fourth-order valence-corrected chi connectivity index (χ4v) is 2.05. The van der Waals surface area contributed by atoms with E-state index < -0.39 is 0 Å². The van der Waals surface area contributed by atoms with Crippen LogP contribution in [0.15, 0.2) is 60.7 Å². The number of benzene rings is 2. The molecule has 0 amide bonds. The van der Waals surface area contributed by atoms with Gasteiger partial charge in [0.25, 0.3) is 0 Å². The van der Waals surface area contributed by atoms with E-state index in [0.29, 0.717) is 0 Å². The SMILES string of the molecule is CN(C)C/C=C(\c1ccccc1)c1ccc(Cl)cc1. The molecule has 19 heavy (non-hydrogen) atoms. The number of nitrogens with zero attached hydrogens (tertiary/aromatic N) is 1. The van der Waals surface area contributed by atoms with Gasteiger partial charge < -0.3 is 4.90 Å². The molecule has 0 aliphatic heterocycles. The van der Waals surface area contributed by atoms with Crippen molar-refractivity contribution < 1.29 is 0 Å². The Labute approximate surface area is 120 Å². The third-order valence-electron chi connectivity index (χ3n) is 2.90. The first kappa shape index (κ1) is 13.9. The summed E-state index contributed by atoms with van der Waals surface area (Å²) in [6.45, 7) is 0.910. The lowest BCUT2D eigenvalue weighted by Crippen LogP contribution is -2.11. The van der Waals surface area contributed by atoms with Crippen LogP contribution in [0.2, 0.25) is 5.02 Å². The second-order valence-electron chi connectivity index (χ2n) is 4.75. The molecule has 2 aromatic rings. The summed E-state index contributed by atoms with van der Waals surface area (Å²) in [4.78, 5) is 2.15. The van der Waals surface area contributed by atoms with Gasteiger partial charge in [-0.2, -0.15) is 0 Å². The summed E-state index contributed by atoms with van der Waals surface area (Å²) in [7, 11) is 4.14. The van der Waals surface area contributed by atoms with E-state index in [0.717, 1.165) is 11.6 Å². The number of likely N-dealkylation sites (N-methyl/N-ethyl adjacent to an activating group) is 1. The third kappa shape index (κ3) is 3.95. The minimum absolute atomic E-state index is 0.767. The zero-order valence-electron chi connectivity index (χ0n) is 11.3. The smallest absolute Gasteiger partial charge is 0.0406 e. The molecule has 0 unspecified atom stereocenters. The molecule has 0 aliphatic carbocycles. The van der Waals surface area contributed by atoms with Gasteiger partial charge in [-0.15, -0.1) is 0 Å². The molecular formula is C17H18ClN. The van der Waals surface area contributed by atoms with Crippen molar-refractivity contribution in [3.05, 3.63) is 76.8 Å². The summed E-state index contributed by atoms with van der Waals surface area (Å²) in [5, 5.41) is 0.767. The highest BCUT2D eigenvalue weighted by Crippen LogP contribution is 2.24. The monoisotopic (exact) mass is 271 g/mol. The summed E-state index contributed by atoms with van der Waals surface area (Å²) in [6, 6.07) is 18.4. The summed E-state index contributed by atoms with van der Waals surface area (Å²) >= 11 is 5.96. The van der Waals surface area contributed by atoms with Crippen molar-refractivity contribution in [3.63, 3.8) is 0 Å². The van der Waals surface area contributed by atoms with Gasteiger partial charge in [0.1, 0.15) is 0 Å². The van der Waals surface area contributed by atoms with E-state index in [2.05, 4.69) is 61.5 Å². The Morgan fingerprint density at radius 2 is 1.53 bits per heavy atom. The van der Waals surface area contributed by atoms with E-state index in [4.69, 9.17) is 11.6 Å². The predicted molar refractivity (Wildman–Crippen MR) is 83.5 cm³/mol. The van der Waals surface area contributed by atoms with E-state index in [1.165, 1.54) is 16.7 Å². The zero-order valence-corrected chi connectivity index (χ0v) is 12.1. The summed E-state index contributed by atoms with van der Waals surface area (Å²) in [6.07, 6.45) is 2.25. The molecule has 0 radical (unpaired) electrons. The summed E-state index contributed by atoms with van der Waals surface area (Å²) < 4.78 is 0. The second-order valence-corrected chi connectivity index (χ2v) is 5.19. The maximum atomic E-state index is 5.96. The second kappa shape index (κ2) is 6.55. The average Bonchev–Trinajstić information content (AvgIpc) is 2.42.